The molecule has 0 saturated carbocycles. The number of methoxy groups -OCH3 is 1. The van der Waals surface area contributed by atoms with Crippen LogP contribution in [0.1, 0.15) is 19.4 Å². The van der Waals surface area contributed by atoms with E-state index in [9.17, 15) is 0 Å². The Hall–Kier alpha value is -0.870. The standard InChI is InChI=1S/C11H21N3O/c1-10(2)8-14-9-11(7-13-14)6-12-4-5-15-3/h7,9-10,12H,4-6,8H2,1-3H3. The van der Waals surface area contributed by atoms with Crippen LogP contribution in [0, 0.1) is 5.92 Å². The zero-order valence-electron chi connectivity index (χ0n) is 9.86. The van der Waals surface area contributed by atoms with Crippen LogP contribution in [0.15, 0.2) is 12.4 Å². The van der Waals surface area contributed by atoms with E-state index >= 15 is 0 Å². The molecule has 0 aliphatic rings. The number of nitrogens with zero attached hydrogens (tertiary/aromatic N) is 2. The topological polar surface area (TPSA) is 39.1 Å². The van der Waals surface area contributed by atoms with Gasteiger partial charge >= 0.3 is 0 Å². The number of nitrogens with one attached hydrogen (secondary N) is 1. The summed E-state index contributed by atoms with van der Waals surface area (Å²) in [6, 6.07) is 0. The fraction of sp³-hybridized carbons (Fsp3) is 0.727. The summed E-state index contributed by atoms with van der Waals surface area (Å²) in [5.41, 5.74) is 1.23. The average Bonchev–Trinajstić information content (AvgIpc) is 2.59. The molecule has 0 atom stereocenters. The van der Waals surface area contributed by atoms with Gasteiger partial charge in [-0.3, -0.25) is 4.68 Å². The van der Waals surface area contributed by atoms with Gasteiger partial charge in [0.05, 0.1) is 12.8 Å². The Morgan fingerprint density at radius 1 is 1.53 bits per heavy atom. The van der Waals surface area contributed by atoms with Crippen molar-refractivity contribution in [1.82, 2.24) is 15.1 Å². The highest BCUT2D eigenvalue weighted by Crippen LogP contribution is 2.01. The first-order valence-corrected chi connectivity index (χ1v) is 5.43. The van der Waals surface area contributed by atoms with Crippen molar-refractivity contribution < 1.29 is 4.74 Å². The normalized spacial score (nSPS) is 11.2. The fourth-order valence-corrected chi connectivity index (χ4v) is 1.38. The third kappa shape index (κ3) is 4.95. The van der Waals surface area contributed by atoms with Gasteiger partial charge in [-0.15, -0.1) is 0 Å². The first-order valence-electron chi connectivity index (χ1n) is 5.43. The zero-order chi connectivity index (χ0) is 11.1. The highest BCUT2D eigenvalue weighted by molar-refractivity contribution is 5.03. The molecule has 1 rings (SSSR count). The number of rotatable bonds is 7. The monoisotopic (exact) mass is 211 g/mol. The summed E-state index contributed by atoms with van der Waals surface area (Å²) in [7, 11) is 1.71. The second-order valence-electron chi connectivity index (χ2n) is 4.13. The average molecular weight is 211 g/mol. The van der Waals surface area contributed by atoms with Crippen molar-refractivity contribution >= 4 is 0 Å². The van der Waals surface area contributed by atoms with Gasteiger partial charge in [0.15, 0.2) is 0 Å². The van der Waals surface area contributed by atoms with E-state index in [-0.39, 0.29) is 0 Å². The molecule has 1 heterocycles. The molecular weight excluding hydrogens is 190 g/mol. The van der Waals surface area contributed by atoms with Gasteiger partial charge in [0.25, 0.3) is 0 Å². The highest BCUT2D eigenvalue weighted by Gasteiger charge is 2.00. The Bertz CT molecular complexity index is 271. The van der Waals surface area contributed by atoms with Crippen molar-refractivity contribution in [1.29, 1.82) is 0 Å². The third-order valence-electron chi connectivity index (χ3n) is 2.05. The summed E-state index contributed by atoms with van der Waals surface area (Å²) in [6.07, 6.45) is 4.02. The summed E-state index contributed by atoms with van der Waals surface area (Å²) >= 11 is 0. The molecule has 15 heavy (non-hydrogen) atoms. The van der Waals surface area contributed by atoms with Crippen LogP contribution in [0.5, 0.6) is 0 Å². The quantitative estimate of drug-likeness (QED) is 0.690. The maximum absolute atomic E-state index is 4.95. The molecule has 0 amide bonds. The third-order valence-corrected chi connectivity index (χ3v) is 2.05. The summed E-state index contributed by atoms with van der Waals surface area (Å²) in [4.78, 5) is 0. The van der Waals surface area contributed by atoms with Crippen LogP contribution in [0.25, 0.3) is 0 Å². The molecular formula is C11H21N3O. The van der Waals surface area contributed by atoms with Crippen LogP contribution >= 0.6 is 0 Å². The largest absolute Gasteiger partial charge is 0.383 e. The Morgan fingerprint density at radius 2 is 2.33 bits per heavy atom. The maximum atomic E-state index is 4.95. The number of hydrogen-bond acceptors (Lipinski definition) is 3. The Labute approximate surface area is 91.6 Å². The van der Waals surface area contributed by atoms with Crippen LogP contribution in [-0.4, -0.2) is 30.0 Å². The fourth-order valence-electron chi connectivity index (χ4n) is 1.38. The molecule has 0 spiro atoms. The molecule has 0 aromatic carbocycles. The Kier molecular flexibility index (Phi) is 5.36. The van der Waals surface area contributed by atoms with Crippen molar-refractivity contribution in [3.8, 4) is 0 Å². The van der Waals surface area contributed by atoms with Gasteiger partial charge in [0, 0.05) is 38.5 Å². The van der Waals surface area contributed by atoms with Crippen LogP contribution < -0.4 is 5.32 Å². The second kappa shape index (κ2) is 6.58. The Balaban J connectivity index is 2.26. The lowest BCUT2D eigenvalue weighted by atomic mass is 10.2. The zero-order valence-corrected chi connectivity index (χ0v) is 9.86. The van der Waals surface area contributed by atoms with E-state index < -0.39 is 0 Å². The van der Waals surface area contributed by atoms with E-state index in [1.54, 1.807) is 7.11 Å². The molecule has 0 aliphatic heterocycles. The highest BCUT2D eigenvalue weighted by atomic mass is 16.5. The van der Waals surface area contributed by atoms with Crippen LogP contribution in [0.4, 0.5) is 0 Å². The van der Waals surface area contributed by atoms with Crippen LogP contribution in [-0.2, 0) is 17.8 Å². The lowest BCUT2D eigenvalue weighted by Crippen LogP contribution is -2.18. The minimum Gasteiger partial charge on any atom is -0.383 e. The molecule has 0 aliphatic carbocycles. The molecule has 0 saturated heterocycles. The van der Waals surface area contributed by atoms with Crippen molar-refractivity contribution in [2.45, 2.75) is 26.9 Å². The lowest BCUT2D eigenvalue weighted by molar-refractivity contribution is 0.199. The molecule has 1 aromatic heterocycles. The van der Waals surface area contributed by atoms with Crippen molar-refractivity contribution in [2.24, 2.45) is 5.92 Å². The predicted octanol–water partition coefficient (Wildman–Crippen LogP) is 1.28. The predicted molar refractivity (Wildman–Crippen MR) is 60.6 cm³/mol. The van der Waals surface area contributed by atoms with Crippen molar-refractivity contribution in [2.75, 3.05) is 20.3 Å². The summed E-state index contributed by atoms with van der Waals surface area (Å²) in [5, 5.41) is 7.59. The maximum Gasteiger partial charge on any atom is 0.0587 e. The van der Waals surface area contributed by atoms with Crippen LogP contribution in [0.2, 0.25) is 0 Å². The van der Waals surface area contributed by atoms with E-state index in [4.69, 9.17) is 4.74 Å². The van der Waals surface area contributed by atoms with E-state index in [0.29, 0.717) is 5.92 Å². The molecule has 0 unspecified atom stereocenters. The first kappa shape index (κ1) is 12.2. The summed E-state index contributed by atoms with van der Waals surface area (Å²) in [5.74, 6) is 0.638. The molecule has 1 aromatic rings. The van der Waals surface area contributed by atoms with Gasteiger partial charge in [-0.25, -0.2) is 0 Å². The van der Waals surface area contributed by atoms with Crippen molar-refractivity contribution in [3.05, 3.63) is 18.0 Å². The molecule has 0 bridgehead atoms. The van der Waals surface area contributed by atoms with Gasteiger partial charge in [0.1, 0.15) is 0 Å². The smallest absolute Gasteiger partial charge is 0.0587 e. The molecule has 0 fully saturated rings. The van der Waals surface area contributed by atoms with Gasteiger partial charge in [-0.05, 0) is 5.92 Å². The number of ether oxygens (including phenoxy) is 1. The van der Waals surface area contributed by atoms with Crippen molar-refractivity contribution in [3.63, 3.8) is 0 Å². The molecule has 1 N–H and O–H groups in total. The van der Waals surface area contributed by atoms with E-state index in [0.717, 1.165) is 26.2 Å². The van der Waals surface area contributed by atoms with Gasteiger partial charge in [-0.2, -0.15) is 5.10 Å². The summed E-state index contributed by atoms with van der Waals surface area (Å²) < 4.78 is 6.95. The number of hydrogen-bond donors (Lipinski definition) is 1. The molecule has 86 valence electrons. The lowest BCUT2D eigenvalue weighted by Gasteiger charge is -2.03. The number of aromatic nitrogens is 2. The Morgan fingerprint density at radius 3 is 3.00 bits per heavy atom. The molecule has 4 nitrogen and oxygen atoms in total. The minimum atomic E-state index is 0.638. The molecule has 4 heteroatoms. The van der Waals surface area contributed by atoms with Crippen LogP contribution in [0.3, 0.4) is 0 Å². The second-order valence-corrected chi connectivity index (χ2v) is 4.13. The van der Waals surface area contributed by atoms with Gasteiger partial charge < -0.3 is 10.1 Å². The molecule has 0 radical (unpaired) electrons. The van der Waals surface area contributed by atoms with Gasteiger partial charge in [-0.1, -0.05) is 13.8 Å². The first-order chi connectivity index (χ1) is 7.22. The van der Waals surface area contributed by atoms with Gasteiger partial charge in [0.2, 0.25) is 0 Å². The van der Waals surface area contributed by atoms with E-state index in [2.05, 4.69) is 30.5 Å². The van der Waals surface area contributed by atoms with E-state index in [1.807, 2.05) is 10.9 Å². The summed E-state index contributed by atoms with van der Waals surface area (Å²) in [6.45, 7) is 7.86. The SMILES string of the molecule is COCCNCc1cnn(CC(C)C)c1. The minimum absolute atomic E-state index is 0.638. The van der Waals surface area contributed by atoms with E-state index in [1.165, 1.54) is 5.56 Å².